The zero-order valence-electron chi connectivity index (χ0n) is 4.38. The predicted molar refractivity (Wildman–Crippen MR) is 38.4 cm³/mol. The predicted octanol–water partition coefficient (Wildman–Crippen LogP) is -2.93. The van der Waals surface area contributed by atoms with E-state index in [2.05, 4.69) is 42.0 Å². The van der Waals surface area contributed by atoms with E-state index >= 15 is 0 Å². The topological polar surface area (TPSA) is 95.2 Å². The van der Waals surface area contributed by atoms with Crippen molar-refractivity contribution >= 4 is 47.1 Å². The summed E-state index contributed by atoms with van der Waals surface area (Å²) in [5, 5.41) is 8.29. The summed E-state index contributed by atoms with van der Waals surface area (Å²) < 4.78 is 0. The monoisotopic (exact) mass is 301 g/mol. The van der Waals surface area contributed by atoms with Crippen LogP contribution in [0.25, 0.3) is 0 Å². The minimum absolute atomic E-state index is 0. The summed E-state index contributed by atoms with van der Waals surface area (Å²) in [4.78, 5) is 18.6. The molecule has 4 nitrogen and oxygen atoms in total. The Balaban J connectivity index is -0.0000000910. The fourth-order valence-electron chi connectivity index (χ4n) is 0. The molecule has 0 aromatic heterocycles. The maximum absolute atomic E-state index is 9.29. The molecule has 0 bridgehead atoms. The molecular formula is CH2MoNO3PS3. The van der Waals surface area contributed by atoms with Crippen LogP contribution in [0.4, 0.5) is 0 Å². The first kappa shape index (κ1) is 17.4. The summed E-state index contributed by atoms with van der Waals surface area (Å²) in [5.41, 5.74) is 0.565. The molecule has 0 unspecified atom stereocenters. The van der Waals surface area contributed by atoms with E-state index in [-0.39, 0.29) is 21.1 Å². The van der Waals surface area contributed by atoms with Gasteiger partial charge in [0.25, 0.3) is 0 Å². The van der Waals surface area contributed by atoms with Crippen LogP contribution in [0.2, 0.25) is 0 Å². The summed E-state index contributed by atoms with van der Waals surface area (Å²) >= 11 is 11.0. The van der Waals surface area contributed by atoms with Gasteiger partial charge in [0, 0.05) is 5.17 Å². The van der Waals surface area contributed by atoms with Crippen LogP contribution in [0.5, 0.6) is 0 Å². The molecule has 0 heterocycles. The average Bonchev–Trinajstić information content (AvgIpc) is 1.19. The molecule has 10 heavy (non-hydrogen) atoms. The first-order valence-electron chi connectivity index (χ1n) is 1.43. The third-order valence-electron chi connectivity index (χ3n) is 0. The Labute approximate surface area is 88.4 Å². The van der Waals surface area contributed by atoms with Gasteiger partial charge in [0.05, 0.1) is 0 Å². The first-order valence-corrected chi connectivity index (χ1v) is 5.49. The Morgan fingerprint density at radius 2 is 1.50 bits per heavy atom. The van der Waals surface area contributed by atoms with E-state index in [9.17, 15) is 9.79 Å². The van der Waals surface area contributed by atoms with E-state index in [0.717, 1.165) is 0 Å². The van der Waals surface area contributed by atoms with Crippen molar-refractivity contribution in [1.82, 2.24) is 0 Å². The normalized spacial score (nSPS) is 8.30. The van der Waals surface area contributed by atoms with Gasteiger partial charge in [-0.2, -0.15) is 11.8 Å². The Morgan fingerprint density at radius 1 is 1.50 bits per heavy atom. The van der Waals surface area contributed by atoms with Gasteiger partial charge in [0.1, 0.15) is 0 Å². The van der Waals surface area contributed by atoms with Gasteiger partial charge in [-0.3, -0.25) is 0 Å². The third kappa shape index (κ3) is 380. The average molecular weight is 299 g/mol. The number of nitrogens with two attached hydrogens (primary N) is 1. The Kier molecular flexibility index (Phi) is 14.6. The zero-order chi connectivity index (χ0) is 8.08. The standard InChI is InChI=1S/CH3NOS.Mo.H3O2PS2/c2-1(3)4;;1-3(2,4)5/h(H3,2,3,4);;(H3,1,2,4,5)/q;+4;/p-4. The number of rotatable bonds is 0. The van der Waals surface area contributed by atoms with Crippen LogP contribution in [0.1, 0.15) is 0 Å². The zero-order valence-corrected chi connectivity index (χ0v) is 9.73. The van der Waals surface area contributed by atoms with E-state index in [1.807, 2.05) is 0 Å². The molecule has 58 valence electrons. The maximum Gasteiger partial charge on any atom is 4.00 e. The van der Waals surface area contributed by atoms with Crippen LogP contribution >= 0.6 is 17.9 Å². The minimum atomic E-state index is -3.72. The van der Waals surface area contributed by atoms with Gasteiger partial charge in [-0.15, -0.1) is 0 Å². The van der Waals surface area contributed by atoms with Crippen LogP contribution in [0, 0.1) is 0 Å². The number of hydrogen-bond acceptors (Lipinski definition) is 6. The largest absolute Gasteiger partial charge is 4.00 e. The van der Waals surface area contributed by atoms with Crippen LogP contribution in [0.3, 0.4) is 0 Å². The van der Waals surface area contributed by atoms with E-state index in [1.165, 1.54) is 0 Å². The van der Waals surface area contributed by atoms with Gasteiger partial charge in [-0.1, -0.05) is 12.2 Å². The van der Waals surface area contributed by atoms with Crippen LogP contribution in [-0.2, 0) is 45.1 Å². The van der Waals surface area contributed by atoms with Crippen LogP contribution in [0.15, 0.2) is 0 Å². The molecule has 0 fully saturated rings. The molecule has 0 aliphatic heterocycles. The summed E-state index contributed by atoms with van der Waals surface area (Å²) in [6, 6.07) is 0. The van der Waals surface area contributed by atoms with Gasteiger partial charge in [0.2, 0.25) is 0 Å². The van der Waals surface area contributed by atoms with E-state index in [1.54, 1.807) is 0 Å². The molecule has 0 spiro atoms. The molecule has 0 saturated heterocycles. The fraction of sp³-hybridized carbons (Fsp3) is 0. The maximum atomic E-state index is 9.29. The number of hydrogen-bond donors (Lipinski definition) is 1. The van der Waals surface area contributed by atoms with Crippen molar-refractivity contribution in [2.24, 2.45) is 5.73 Å². The second kappa shape index (κ2) is 8.40. The summed E-state index contributed by atoms with van der Waals surface area (Å²) in [7, 11) is 0. The molecule has 0 saturated carbocycles. The smallest absolute Gasteiger partial charge is 0.852 e. The van der Waals surface area contributed by atoms with Crippen molar-refractivity contribution in [3.8, 4) is 0 Å². The van der Waals surface area contributed by atoms with Crippen molar-refractivity contribution in [2.45, 2.75) is 0 Å². The van der Waals surface area contributed by atoms with E-state index in [4.69, 9.17) is 5.11 Å². The van der Waals surface area contributed by atoms with Crippen molar-refractivity contribution in [2.75, 3.05) is 0 Å². The molecule has 0 aliphatic carbocycles. The van der Waals surface area contributed by atoms with Crippen LogP contribution in [-0.4, -0.2) is 5.17 Å². The molecular weight excluding hydrogens is 297 g/mol. The van der Waals surface area contributed by atoms with Crippen molar-refractivity contribution in [3.05, 3.63) is 0 Å². The second-order valence-electron chi connectivity index (χ2n) is 0.766. The van der Waals surface area contributed by atoms with Gasteiger partial charge in [-0.25, -0.2) is 0 Å². The Bertz CT molecular complexity index is 123. The van der Waals surface area contributed by atoms with E-state index in [0.29, 0.717) is 0 Å². The molecule has 0 aromatic carbocycles. The van der Waals surface area contributed by atoms with Gasteiger partial charge < -0.3 is 38.6 Å². The molecule has 0 radical (unpaired) electrons. The summed E-state index contributed by atoms with van der Waals surface area (Å²) in [6.07, 6.45) is 0. The number of thiocarbonyl (C=S) groups is 1. The molecule has 0 amide bonds. The van der Waals surface area contributed by atoms with Crippen molar-refractivity contribution < 1.29 is 36.0 Å². The van der Waals surface area contributed by atoms with E-state index < -0.39 is 10.9 Å². The Hall–Kier alpha value is 1.30. The van der Waals surface area contributed by atoms with Crippen LogP contribution < -0.4 is 20.6 Å². The first-order chi connectivity index (χ1) is 3.73. The molecule has 0 aliphatic rings. The molecule has 0 aromatic rings. The Morgan fingerprint density at radius 3 is 1.50 bits per heavy atom. The second-order valence-corrected chi connectivity index (χ2v) is 5.64. The molecule has 9 heteroatoms. The van der Waals surface area contributed by atoms with Crippen molar-refractivity contribution in [3.63, 3.8) is 0 Å². The van der Waals surface area contributed by atoms with Gasteiger partial charge in [-0.05, 0) is 0 Å². The van der Waals surface area contributed by atoms with Gasteiger partial charge in [0.15, 0.2) is 0 Å². The SMILES string of the molecule is NC([O-])=S.[Mo+4].[O-]P([O-])(=S)[S-]. The molecule has 0 atom stereocenters. The molecule has 0 rings (SSSR count). The molecule has 2 N–H and O–H groups in total. The summed E-state index contributed by atoms with van der Waals surface area (Å²) in [6.45, 7) is 0. The van der Waals surface area contributed by atoms with Crippen molar-refractivity contribution in [1.29, 1.82) is 0 Å². The van der Waals surface area contributed by atoms with Gasteiger partial charge >= 0.3 is 21.1 Å². The summed E-state index contributed by atoms with van der Waals surface area (Å²) in [5.74, 6) is 0. The fourth-order valence-corrected chi connectivity index (χ4v) is 0. The third-order valence-corrected chi connectivity index (χ3v) is 0. The minimum Gasteiger partial charge on any atom is -0.852 e. The quantitative estimate of drug-likeness (QED) is 0.221.